The predicted octanol–water partition coefficient (Wildman–Crippen LogP) is 5.78. The number of carbonyl (C=O) groups is 1. The van der Waals surface area contributed by atoms with E-state index in [0.29, 0.717) is 17.5 Å². The molecule has 3 aromatic carbocycles. The fourth-order valence-corrected chi connectivity index (χ4v) is 4.25. The van der Waals surface area contributed by atoms with E-state index in [4.69, 9.17) is 5.26 Å². The lowest BCUT2D eigenvalue weighted by Gasteiger charge is -2.25. The van der Waals surface area contributed by atoms with Crippen molar-refractivity contribution in [2.24, 2.45) is 0 Å². The molecule has 1 aliphatic carbocycles. The molecule has 0 unspecified atom stereocenters. The lowest BCUT2D eigenvalue weighted by atomic mass is 9.79. The topological polar surface area (TPSA) is 61.1 Å². The second-order valence-corrected chi connectivity index (χ2v) is 7.37. The van der Waals surface area contributed by atoms with Crippen LogP contribution in [0.15, 0.2) is 48.5 Å². The minimum absolute atomic E-state index is 0.0516. The van der Waals surface area contributed by atoms with Gasteiger partial charge in [-0.2, -0.15) is 5.26 Å². The quantitative estimate of drug-likeness (QED) is 0.619. The van der Waals surface area contributed by atoms with Crippen LogP contribution in [0, 0.1) is 17.1 Å². The van der Waals surface area contributed by atoms with Crippen molar-refractivity contribution >= 4 is 5.97 Å². The molecule has 4 heteroatoms. The first kappa shape index (κ1) is 18.9. The summed E-state index contributed by atoms with van der Waals surface area (Å²) in [5.41, 5.74) is 6.74. The number of aryl methyl sites for hydroxylation is 2. The van der Waals surface area contributed by atoms with Gasteiger partial charge in [-0.05, 0) is 70.8 Å². The van der Waals surface area contributed by atoms with Crippen LogP contribution in [0.1, 0.15) is 46.0 Å². The molecule has 0 fully saturated rings. The van der Waals surface area contributed by atoms with Crippen molar-refractivity contribution < 1.29 is 14.3 Å². The van der Waals surface area contributed by atoms with Crippen LogP contribution in [-0.2, 0) is 19.3 Å². The Bertz CT molecular complexity index is 1170. The number of rotatable bonds is 4. The average Bonchev–Trinajstić information content (AvgIpc) is 2.72. The number of carboxylic acids is 1. The third-order valence-electron chi connectivity index (χ3n) is 5.56. The first-order chi connectivity index (χ1) is 14.0. The van der Waals surface area contributed by atoms with Crippen molar-refractivity contribution in [2.45, 2.75) is 32.6 Å². The van der Waals surface area contributed by atoms with E-state index in [1.54, 1.807) is 12.1 Å². The van der Waals surface area contributed by atoms with Gasteiger partial charge in [0.2, 0.25) is 0 Å². The van der Waals surface area contributed by atoms with Crippen LogP contribution in [0.5, 0.6) is 0 Å². The zero-order valence-corrected chi connectivity index (χ0v) is 16.1. The first-order valence-corrected chi connectivity index (χ1v) is 9.74. The van der Waals surface area contributed by atoms with Crippen molar-refractivity contribution in [1.82, 2.24) is 0 Å². The van der Waals surface area contributed by atoms with Gasteiger partial charge >= 0.3 is 5.97 Å². The Kier molecular flexibility index (Phi) is 4.90. The minimum atomic E-state index is -1.04. The number of carboxylic acid groups (broad SMARTS) is 1. The Balaban J connectivity index is 1.93. The highest BCUT2D eigenvalue weighted by molar-refractivity contribution is 5.99. The summed E-state index contributed by atoms with van der Waals surface area (Å²) in [6.45, 7) is 2.16. The van der Waals surface area contributed by atoms with Gasteiger partial charge in [-0.3, -0.25) is 0 Å². The maximum Gasteiger partial charge on any atom is 0.336 e. The summed E-state index contributed by atoms with van der Waals surface area (Å²) >= 11 is 0. The van der Waals surface area contributed by atoms with Gasteiger partial charge in [-0.15, -0.1) is 0 Å². The summed E-state index contributed by atoms with van der Waals surface area (Å²) in [5.74, 6) is -1.68. The van der Waals surface area contributed by atoms with Gasteiger partial charge < -0.3 is 5.11 Å². The Morgan fingerprint density at radius 1 is 1.10 bits per heavy atom. The largest absolute Gasteiger partial charge is 0.478 e. The third-order valence-corrected chi connectivity index (χ3v) is 5.56. The number of benzene rings is 3. The number of fused-ring (bicyclic) bond motifs is 3. The highest BCUT2D eigenvalue weighted by Gasteiger charge is 2.24. The summed E-state index contributed by atoms with van der Waals surface area (Å²) in [6, 6.07) is 16.1. The molecule has 0 saturated heterocycles. The van der Waals surface area contributed by atoms with E-state index in [9.17, 15) is 14.3 Å². The Labute approximate surface area is 169 Å². The van der Waals surface area contributed by atoms with E-state index in [-0.39, 0.29) is 11.1 Å². The Hall–Kier alpha value is -3.45. The van der Waals surface area contributed by atoms with Crippen LogP contribution >= 0.6 is 0 Å². The molecule has 3 aromatic rings. The number of halogens is 1. The second kappa shape index (κ2) is 7.52. The average molecular weight is 385 g/mol. The number of nitrogens with zero attached hydrogens (tertiary/aromatic N) is 1. The van der Waals surface area contributed by atoms with Crippen LogP contribution in [0.25, 0.3) is 22.3 Å². The molecule has 1 aliphatic rings. The predicted molar refractivity (Wildman–Crippen MR) is 110 cm³/mol. The van der Waals surface area contributed by atoms with Crippen LogP contribution in [0.4, 0.5) is 4.39 Å². The number of aromatic carboxylic acids is 1. The van der Waals surface area contributed by atoms with Crippen LogP contribution < -0.4 is 0 Å². The maximum absolute atomic E-state index is 14.3. The SMILES string of the molecule is CCCc1ccc2c(c1)CCc1c-2ccc(C(=O)O)c1-c1ccc(C#N)c(F)c1. The molecule has 0 spiro atoms. The van der Waals surface area contributed by atoms with E-state index in [2.05, 4.69) is 25.1 Å². The number of hydrogen-bond donors (Lipinski definition) is 1. The van der Waals surface area contributed by atoms with Gasteiger partial charge in [0, 0.05) is 5.56 Å². The maximum atomic E-state index is 14.3. The van der Waals surface area contributed by atoms with Gasteiger partial charge in [0.05, 0.1) is 11.1 Å². The molecule has 0 atom stereocenters. The second-order valence-electron chi connectivity index (χ2n) is 7.37. The monoisotopic (exact) mass is 385 g/mol. The fraction of sp³-hybridized carbons (Fsp3) is 0.200. The smallest absolute Gasteiger partial charge is 0.336 e. The molecule has 1 N–H and O–H groups in total. The van der Waals surface area contributed by atoms with Crippen molar-refractivity contribution in [1.29, 1.82) is 5.26 Å². The molecule has 4 rings (SSSR count). The van der Waals surface area contributed by atoms with Gasteiger partial charge in [0.25, 0.3) is 0 Å². The standard InChI is InChI=1S/C25H20FNO2/c1-2-3-15-4-8-19-16(12-15)7-9-21-20(19)10-11-22(25(28)29)24(21)17-5-6-18(14-27)23(26)13-17/h4-6,8,10-13H,2-3,7,9H2,1H3,(H,28,29). The minimum Gasteiger partial charge on any atom is -0.478 e. The fourth-order valence-electron chi connectivity index (χ4n) is 4.25. The van der Waals surface area contributed by atoms with Gasteiger partial charge in [-0.1, -0.05) is 43.7 Å². The Morgan fingerprint density at radius 3 is 2.59 bits per heavy atom. The molecule has 0 bridgehead atoms. The first-order valence-electron chi connectivity index (χ1n) is 9.74. The van der Waals surface area contributed by atoms with E-state index in [0.717, 1.165) is 36.0 Å². The van der Waals surface area contributed by atoms with Crippen molar-refractivity contribution in [3.05, 3.63) is 82.2 Å². The lowest BCUT2D eigenvalue weighted by molar-refractivity contribution is 0.0697. The van der Waals surface area contributed by atoms with Crippen LogP contribution in [0.3, 0.4) is 0 Å². The molecule has 0 amide bonds. The zero-order chi connectivity index (χ0) is 20.5. The molecule has 144 valence electrons. The molecule has 3 nitrogen and oxygen atoms in total. The molecule has 0 aliphatic heterocycles. The molecule has 0 radical (unpaired) electrons. The van der Waals surface area contributed by atoms with Crippen molar-refractivity contribution in [2.75, 3.05) is 0 Å². The number of hydrogen-bond acceptors (Lipinski definition) is 2. The van der Waals surface area contributed by atoms with Crippen LogP contribution in [-0.4, -0.2) is 11.1 Å². The lowest BCUT2D eigenvalue weighted by Crippen LogP contribution is -2.10. The van der Waals surface area contributed by atoms with E-state index < -0.39 is 11.8 Å². The molecule has 0 saturated carbocycles. The third kappa shape index (κ3) is 3.30. The summed E-state index contributed by atoms with van der Waals surface area (Å²) in [5, 5.41) is 18.7. The summed E-state index contributed by atoms with van der Waals surface area (Å²) in [4.78, 5) is 11.9. The van der Waals surface area contributed by atoms with Crippen molar-refractivity contribution in [3.63, 3.8) is 0 Å². The van der Waals surface area contributed by atoms with E-state index in [1.165, 1.54) is 23.3 Å². The van der Waals surface area contributed by atoms with Gasteiger partial charge in [-0.25, -0.2) is 9.18 Å². The number of nitriles is 1. The Morgan fingerprint density at radius 2 is 1.90 bits per heavy atom. The molecule has 29 heavy (non-hydrogen) atoms. The van der Waals surface area contributed by atoms with Gasteiger partial charge in [0.1, 0.15) is 11.9 Å². The molecule has 0 heterocycles. The normalized spacial score (nSPS) is 12.0. The van der Waals surface area contributed by atoms with Crippen LogP contribution in [0.2, 0.25) is 0 Å². The summed E-state index contributed by atoms with van der Waals surface area (Å²) < 4.78 is 14.3. The highest BCUT2D eigenvalue weighted by atomic mass is 19.1. The van der Waals surface area contributed by atoms with Crippen molar-refractivity contribution in [3.8, 4) is 28.3 Å². The molecule has 0 aromatic heterocycles. The molecular formula is C25H20FNO2. The van der Waals surface area contributed by atoms with Gasteiger partial charge in [0.15, 0.2) is 0 Å². The zero-order valence-electron chi connectivity index (χ0n) is 16.1. The summed E-state index contributed by atoms with van der Waals surface area (Å²) in [6.07, 6.45) is 3.63. The van der Waals surface area contributed by atoms with E-state index in [1.807, 2.05) is 12.1 Å². The van der Waals surface area contributed by atoms with E-state index >= 15 is 0 Å². The summed E-state index contributed by atoms with van der Waals surface area (Å²) in [7, 11) is 0. The molecular weight excluding hydrogens is 365 g/mol. The highest BCUT2D eigenvalue weighted by Crippen LogP contribution is 2.41.